The second-order valence-electron chi connectivity index (χ2n) is 5.44. The van der Waals surface area contributed by atoms with Crippen molar-refractivity contribution in [1.29, 1.82) is 0 Å². The Labute approximate surface area is 101 Å². The van der Waals surface area contributed by atoms with Crippen LogP contribution in [0.4, 0.5) is 0 Å². The summed E-state index contributed by atoms with van der Waals surface area (Å²) in [7, 11) is 0. The highest BCUT2D eigenvalue weighted by atomic mass is 16.5. The summed E-state index contributed by atoms with van der Waals surface area (Å²) in [6, 6.07) is 1.61. The molecule has 0 unspecified atom stereocenters. The number of aromatic carboxylic acids is 1. The summed E-state index contributed by atoms with van der Waals surface area (Å²) in [6.07, 6.45) is 3.96. The molecule has 4 nitrogen and oxygen atoms in total. The van der Waals surface area contributed by atoms with Gasteiger partial charge in [0.2, 0.25) is 0 Å². The van der Waals surface area contributed by atoms with Gasteiger partial charge < -0.3 is 9.84 Å². The van der Waals surface area contributed by atoms with E-state index in [0.717, 1.165) is 18.4 Å². The van der Waals surface area contributed by atoms with Crippen molar-refractivity contribution in [3.63, 3.8) is 0 Å². The highest BCUT2D eigenvalue weighted by Crippen LogP contribution is 2.35. The molecule has 4 heteroatoms. The van der Waals surface area contributed by atoms with E-state index < -0.39 is 5.97 Å². The molecule has 92 valence electrons. The average molecular weight is 235 g/mol. The van der Waals surface area contributed by atoms with Crippen LogP contribution >= 0.6 is 0 Å². The highest BCUT2D eigenvalue weighted by molar-refractivity contribution is 5.85. The lowest BCUT2D eigenvalue weighted by molar-refractivity contribution is 0.0690. The van der Waals surface area contributed by atoms with Crippen LogP contribution < -0.4 is 4.74 Å². The fourth-order valence-electron chi connectivity index (χ4n) is 1.61. The maximum atomic E-state index is 10.9. The molecular weight excluding hydrogens is 218 g/mol. The summed E-state index contributed by atoms with van der Waals surface area (Å²) in [5.41, 5.74) is 0.812. The molecule has 0 saturated heterocycles. The van der Waals surface area contributed by atoms with Crippen LogP contribution in [0.5, 0.6) is 5.75 Å². The maximum absolute atomic E-state index is 10.9. The van der Waals surface area contributed by atoms with E-state index in [1.54, 1.807) is 6.07 Å². The molecule has 1 fully saturated rings. The first-order valence-electron chi connectivity index (χ1n) is 5.78. The van der Waals surface area contributed by atoms with Crippen molar-refractivity contribution < 1.29 is 14.6 Å². The number of carbonyl (C=O) groups is 1. The van der Waals surface area contributed by atoms with Gasteiger partial charge in [-0.25, -0.2) is 9.78 Å². The van der Waals surface area contributed by atoms with E-state index in [-0.39, 0.29) is 17.2 Å². The minimum atomic E-state index is -1.01. The number of rotatable bonds is 3. The second kappa shape index (κ2) is 4.02. The lowest BCUT2D eigenvalue weighted by Crippen LogP contribution is -2.16. The Morgan fingerprint density at radius 3 is 2.59 bits per heavy atom. The normalized spacial score (nSPS) is 15.7. The van der Waals surface area contributed by atoms with Gasteiger partial charge in [-0.1, -0.05) is 20.8 Å². The van der Waals surface area contributed by atoms with E-state index in [2.05, 4.69) is 4.98 Å². The van der Waals surface area contributed by atoms with Crippen LogP contribution in [-0.4, -0.2) is 22.2 Å². The van der Waals surface area contributed by atoms with Gasteiger partial charge in [0, 0.05) is 5.56 Å². The van der Waals surface area contributed by atoms with Crippen molar-refractivity contribution >= 4 is 5.97 Å². The lowest BCUT2D eigenvalue weighted by atomic mass is 9.86. The third kappa shape index (κ3) is 2.75. The summed E-state index contributed by atoms with van der Waals surface area (Å²) in [5, 5.41) is 8.96. The molecule has 0 atom stereocenters. The van der Waals surface area contributed by atoms with Gasteiger partial charge in [-0.15, -0.1) is 0 Å². The molecule has 0 bridgehead atoms. The Morgan fingerprint density at radius 2 is 2.12 bits per heavy atom. The minimum Gasteiger partial charge on any atom is -0.489 e. The van der Waals surface area contributed by atoms with Crippen LogP contribution in [0.2, 0.25) is 0 Å². The largest absolute Gasteiger partial charge is 0.489 e. The van der Waals surface area contributed by atoms with Crippen LogP contribution in [0, 0.1) is 0 Å². The van der Waals surface area contributed by atoms with E-state index in [9.17, 15) is 4.79 Å². The number of carboxylic acid groups (broad SMARTS) is 1. The molecule has 0 radical (unpaired) electrons. The zero-order valence-corrected chi connectivity index (χ0v) is 10.4. The van der Waals surface area contributed by atoms with Crippen LogP contribution in [0.1, 0.15) is 49.7 Å². The Kier molecular flexibility index (Phi) is 2.81. The summed E-state index contributed by atoms with van der Waals surface area (Å²) in [4.78, 5) is 14.8. The molecule has 1 aromatic rings. The first kappa shape index (κ1) is 11.9. The fraction of sp³-hybridized carbons (Fsp3) is 0.538. The van der Waals surface area contributed by atoms with Gasteiger partial charge >= 0.3 is 5.97 Å². The van der Waals surface area contributed by atoms with Crippen molar-refractivity contribution in [3.05, 3.63) is 23.5 Å². The number of carboxylic acids is 1. The Bertz CT molecular complexity index is 444. The first-order valence-corrected chi connectivity index (χ1v) is 5.78. The van der Waals surface area contributed by atoms with Gasteiger partial charge in [-0.2, -0.15) is 0 Å². The Balaban J connectivity index is 2.39. The Morgan fingerprint density at radius 1 is 1.47 bits per heavy atom. The fourth-order valence-corrected chi connectivity index (χ4v) is 1.61. The standard InChI is InChI=1S/C13H17NO3/c1-13(2,3)9-6-10(12(15)16)14-7-11(9)17-8-4-5-8/h6-8H,4-5H2,1-3H3,(H,15,16). The SMILES string of the molecule is CC(C)(C)c1cc(C(=O)O)ncc1OC1CC1. The second-order valence-corrected chi connectivity index (χ2v) is 5.44. The first-order chi connectivity index (χ1) is 7.88. The maximum Gasteiger partial charge on any atom is 0.354 e. The molecule has 0 aromatic carbocycles. The summed E-state index contributed by atoms with van der Waals surface area (Å²) in [5.74, 6) is -0.293. The molecular formula is C13H17NO3. The van der Waals surface area contributed by atoms with Gasteiger partial charge in [0.25, 0.3) is 0 Å². The predicted molar refractivity (Wildman–Crippen MR) is 63.5 cm³/mol. The van der Waals surface area contributed by atoms with E-state index >= 15 is 0 Å². The monoisotopic (exact) mass is 235 g/mol. The van der Waals surface area contributed by atoms with Crippen molar-refractivity contribution in [2.24, 2.45) is 0 Å². The molecule has 1 aromatic heterocycles. The Hall–Kier alpha value is -1.58. The van der Waals surface area contributed by atoms with Crippen molar-refractivity contribution in [1.82, 2.24) is 4.98 Å². The molecule has 0 aliphatic heterocycles. The topological polar surface area (TPSA) is 59.4 Å². The van der Waals surface area contributed by atoms with Crippen LogP contribution in [0.3, 0.4) is 0 Å². The number of aromatic nitrogens is 1. The van der Waals surface area contributed by atoms with E-state index in [0.29, 0.717) is 5.75 Å². The van der Waals surface area contributed by atoms with Crippen molar-refractivity contribution in [3.8, 4) is 5.75 Å². The van der Waals surface area contributed by atoms with Gasteiger partial charge in [0.05, 0.1) is 12.3 Å². The third-order valence-corrected chi connectivity index (χ3v) is 2.71. The third-order valence-electron chi connectivity index (χ3n) is 2.71. The van der Waals surface area contributed by atoms with Gasteiger partial charge in [-0.3, -0.25) is 0 Å². The summed E-state index contributed by atoms with van der Waals surface area (Å²) >= 11 is 0. The van der Waals surface area contributed by atoms with Crippen LogP contribution in [-0.2, 0) is 5.41 Å². The van der Waals surface area contributed by atoms with Crippen LogP contribution in [0.15, 0.2) is 12.3 Å². The minimum absolute atomic E-state index is 0.0677. The molecule has 0 spiro atoms. The quantitative estimate of drug-likeness (QED) is 0.874. The molecule has 1 aliphatic rings. The molecule has 1 N–H and O–H groups in total. The molecule has 1 aliphatic carbocycles. The number of hydrogen-bond donors (Lipinski definition) is 1. The molecule has 2 rings (SSSR count). The number of pyridine rings is 1. The van der Waals surface area contributed by atoms with Crippen molar-refractivity contribution in [2.75, 3.05) is 0 Å². The van der Waals surface area contributed by atoms with E-state index in [4.69, 9.17) is 9.84 Å². The van der Waals surface area contributed by atoms with Gasteiger partial charge in [0.15, 0.2) is 0 Å². The zero-order valence-electron chi connectivity index (χ0n) is 10.4. The molecule has 17 heavy (non-hydrogen) atoms. The summed E-state index contributed by atoms with van der Waals surface area (Å²) < 4.78 is 5.76. The summed E-state index contributed by atoms with van der Waals surface area (Å²) in [6.45, 7) is 6.11. The highest BCUT2D eigenvalue weighted by Gasteiger charge is 2.28. The van der Waals surface area contributed by atoms with Gasteiger partial charge in [0.1, 0.15) is 11.4 Å². The lowest BCUT2D eigenvalue weighted by Gasteiger charge is -2.22. The van der Waals surface area contributed by atoms with E-state index in [1.165, 1.54) is 6.20 Å². The van der Waals surface area contributed by atoms with Crippen molar-refractivity contribution in [2.45, 2.75) is 45.1 Å². The number of hydrogen-bond acceptors (Lipinski definition) is 3. The number of ether oxygens (including phenoxy) is 1. The predicted octanol–water partition coefficient (Wildman–Crippen LogP) is 2.62. The molecule has 0 amide bonds. The zero-order chi connectivity index (χ0) is 12.6. The smallest absolute Gasteiger partial charge is 0.354 e. The van der Waals surface area contributed by atoms with Gasteiger partial charge in [-0.05, 0) is 24.3 Å². The molecule has 1 heterocycles. The average Bonchev–Trinajstić information content (AvgIpc) is 3.00. The van der Waals surface area contributed by atoms with E-state index in [1.807, 2.05) is 20.8 Å². The number of nitrogens with zero attached hydrogens (tertiary/aromatic N) is 1. The molecule has 1 saturated carbocycles. The van der Waals surface area contributed by atoms with Crippen LogP contribution in [0.25, 0.3) is 0 Å².